The smallest absolute Gasteiger partial charge is 0.0312 e. The molecule has 1 aliphatic rings. The summed E-state index contributed by atoms with van der Waals surface area (Å²) in [6.07, 6.45) is 8.96. The Bertz CT molecular complexity index is 339. The van der Waals surface area contributed by atoms with Crippen LogP contribution in [0, 0.1) is 0 Å². The van der Waals surface area contributed by atoms with Gasteiger partial charge >= 0.3 is 0 Å². The van der Waals surface area contributed by atoms with Crippen LogP contribution in [-0.2, 0) is 6.54 Å². The lowest BCUT2D eigenvalue weighted by atomic mass is 10.2. The highest BCUT2D eigenvalue weighted by molar-refractivity contribution is 5.08. The minimum absolute atomic E-state index is 0.722. The van der Waals surface area contributed by atoms with E-state index in [1.165, 1.54) is 31.2 Å². The Labute approximate surface area is 111 Å². The highest BCUT2D eigenvalue weighted by Gasteiger charge is 2.26. The van der Waals surface area contributed by atoms with Crippen molar-refractivity contribution < 1.29 is 0 Å². The number of rotatable bonds is 6. The van der Waals surface area contributed by atoms with Gasteiger partial charge in [0, 0.05) is 31.0 Å². The summed E-state index contributed by atoms with van der Waals surface area (Å²) in [5.74, 6) is 0. The normalized spacial score (nSPS) is 23.7. The van der Waals surface area contributed by atoms with Gasteiger partial charge in [0.1, 0.15) is 0 Å². The third-order valence-corrected chi connectivity index (χ3v) is 3.87. The maximum atomic E-state index is 4.18. The largest absolute Gasteiger partial charge is 0.314 e. The highest BCUT2D eigenvalue weighted by Crippen LogP contribution is 2.24. The van der Waals surface area contributed by atoms with E-state index in [-0.39, 0.29) is 0 Å². The molecule has 1 heterocycles. The molecule has 1 fully saturated rings. The molecule has 0 aromatic carbocycles. The van der Waals surface area contributed by atoms with E-state index in [4.69, 9.17) is 0 Å². The van der Waals surface area contributed by atoms with Crippen molar-refractivity contribution in [2.75, 3.05) is 13.6 Å². The Balaban J connectivity index is 1.78. The molecular formula is C15H25N3. The summed E-state index contributed by atoms with van der Waals surface area (Å²) in [5, 5.41) is 3.64. The molecule has 1 saturated carbocycles. The molecule has 1 N–H and O–H groups in total. The molecule has 0 bridgehead atoms. The molecule has 3 heteroatoms. The van der Waals surface area contributed by atoms with Crippen molar-refractivity contribution in [2.45, 2.75) is 51.2 Å². The van der Waals surface area contributed by atoms with Crippen molar-refractivity contribution in [1.29, 1.82) is 0 Å². The SMILES string of the molecule is CCCNC1CCC(N(C)Cc2cccnc2)C1. The van der Waals surface area contributed by atoms with Gasteiger partial charge in [0.25, 0.3) is 0 Å². The van der Waals surface area contributed by atoms with E-state index in [0.29, 0.717) is 0 Å². The standard InChI is InChI=1S/C15H25N3/c1-3-8-17-14-6-7-15(10-14)18(2)12-13-5-4-9-16-11-13/h4-5,9,11,14-15,17H,3,6-8,10,12H2,1-2H3. The Morgan fingerprint density at radius 3 is 3.06 bits per heavy atom. The maximum Gasteiger partial charge on any atom is 0.0312 e. The van der Waals surface area contributed by atoms with E-state index < -0.39 is 0 Å². The second kappa shape index (κ2) is 6.86. The zero-order valence-corrected chi connectivity index (χ0v) is 11.6. The second-order valence-electron chi connectivity index (χ2n) is 5.39. The molecule has 0 spiro atoms. The predicted molar refractivity (Wildman–Crippen MR) is 75.4 cm³/mol. The molecular weight excluding hydrogens is 222 g/mol. The Morgan fingerprint density at radius 2 is 2.33 bits per heavy atom. The van der Waals surface area contributed by atoms with Crippen LogP contribution in [0.1, 0.15) is 38.2 Å². The highest BCUT2D eigenvalue weighted by atomic mass is 15.1. The summed E-state index contributed by atoms with van der Waals surface area (Å²) in [4.78, 5) is 6.66. The zero-order chi connectivity index (χ0) is 12.8. The summed E-state index contributed by atoms with van der Waals surface area (Å²) in [6.45, 7) is 4.40. The van der Waals surface area contributed by atoms with Crippen LogP contribution in [0.5, 0.6) is 0 Å². The average molecular weight is 247 g/mol. The maximum absolute atomic E-state index is 4.18. The molecule has 2 atom stereocenters. The average Bonchev–Trinajstić information content (AvgIpc) is 2.86. The first kappa shape index (κ1) is 13.5. The van der Waals surface area contributed by atoms with Crippen LogP contribution in [0.25, 0.3) is 0 Å². The summed E-state index contributed by atoms with van der Waals surface area (Å²) in [7, 11) is 2.24. The summed E-state index contributed by atoms with van der Waals surface area (Å²) >= 11 is 0. The van der Waals surface area contributed by atoms with Gasteiger partial charge in [-0.2, -0.15) is 0 Å². The van der Waals surface area contributed by atoms with Crippen molar-refractivity contribution in [1.82, 2.24) is 15.2 Å². The van der Waals surface area contributed by atoms with Crippen LogP contribution in [-0.4, -0.2) is 35.6 Å². The quantitative estimate of drug-likeness (QED) is 0.837. The molecule has 0 amide bonds. The number of hydrogen-bond acceptors (Lipinski definition) is 3. The summed E-state index contributed by atoms with van der Waals surface area (Å²) < 4.78 is 0. The zero-order valence-electron chi connectivity index (χ0n) is 11.6. The number of pyridine rings is 1. The van der Waals surface area contributed by atoms with Crippen molar-refractivity contribution >= 4 is 0 Å². The lowest BCUT2D eigenvalue weighted by molar-refractivity contribution is 0.233. The fourth-order valence-corrected chi connectivity index (χ4v) is 2.80. The Morgan fingerprint density at radius 1 is 1.44 bits per heavy atom. The van der Waals surface area contributed by atoms with E-state index in [1.54, 1.807) is 0 Å². The molecule has 1 aromatic rings. The number of nitrogens with zero attached hydrogens (tertiary/aromatic N) is 2. The molecule has 18 heavy (non-hydrogen) atoms. The van der Waals surface area contributed by atoms with Gasteiger partial charge < -0.3 is 5.32 Å². The Kier molecular flexibility index (Phi) is 5.14. The fraction of sp³-hybridized carbons (Fsp3) is 0.667. The van der Waals surface area contributed by atoms with Crippen LogP contribution in [0.3, 0.4) is 0 Å². The molecule has 1 aromatic heterocycles. The van der Waals surface area contributed by atoms with Crippen molar-refractivity contribution in [3.8, 4) is 0 Å². The first-order chi connectivity index (χ1) is 8.79. The van der Waals surface area contributed by atoms with Crippen LogP contribution in [0.15, 0.2) is 24.5 Å². The lowest BCUT2D eigenvalue weighted by Gasteiger charge is -2.24. The first-order valence-corrected chi connectivity index (χ1v) is 7.12. The van der Waals surface area contributed by atoms with Gasteiger partial charge in [-0.3, -0.25) is 9.88 Å². The van der Waals surface area contributed by atoms with Gasteiger partial charge in [-0.15, -0.1) is 0 Å². The third kappa shape index (κ3) is 3.79. The van der Waals surface area contributed by atoms with Gasteiger partial charge in [-0.05, 0) is 50.9 Å². The fourth-order valence-electron chi connectivity index (χ4n) is 2.80. The van der Waals surface area contributed by atoms with E-state index >= 15 is 0 Å². The molecule has 2 unspecified atom stereocenters. The molecule has 0 aliphatic heterocycles. The number of nitrogens with one attached hydrogen (secondary N) is 1. The van der Waals surface area contributed by atoms with Gasteiger partial charge in [-0.25, -0.2) is 0 Å². The topological polar surface area (TPSA) is 28.2 Å². The monoisotopic (exact) mass is 247 g/mol. The first-order valence-electron chi connectivity index (χ1n) is 7.12. The van der Waals surface area contributed by atoms with Gasteiger partial charge in [0.15, 0.2) is 0 Å². The van der Waals surface area contributed by atoms with Gasteiger partial charge in [0.2, 0.25) is 0 Å². The summed E-state index contributed by atoms with van der Waals surface area (Å²) in [5.41, 5.74) is 1.31. The predicted octanol–water partition coefficient (Wildman–Crippen LogP) is 2.43. The molecule has 1 aliphatic carbocycles. The van der Waals surface area contributed by atoms with E-state index in [9.17, 15) is 0 Å². The lowest BCUT2D eigenvalue weighted by Crippen LogP contribution is -2.32. The minimum atomic E-state index is 0.722. The van der Waals surface area contributed by atoms with Crippen LogP contribution in [0.2, 0.25) is 0 Å². The van der Waals surface area contributed by atoms with Crippen molar-refractivity contribution in [3.05, 3.63) is 30.1 Å². The number of hydrogen-bond donors (Lipinski definition) is 1. The number of aromatic nitrogens is 1. The van der Waals surface area contributed by atoms with Crippen molar-refractivity contribution in [3.63, 3.8) is 0 Å². The van der Waals surface area contributed by atoms with E-state index in [0.717, 1.165) is 25.2 Å². The second-order valence-corrected chi connectivity index (χ2v) is 5.39. The molecule has 100 valence electrons. The van der Waals surface area contributed by atoms with Crippen molar-refractivity contribution in [2.24, 2.45) is 0 Å². The Hall–Kier alpha value is -0.930. The molecule has 0 radical (unpaired) electrons. The van der Waals surface area contributed by atoms with Crippen LogP contribution in [0.4, 0.5) is 0 Å². The van der Waals surface area contributed by atoms with E-state index in [2.05, 4.69) is 35.2 Å². The van der Waals surface area contributed by atoms with Crippen LogP contribution >= 0.6 is 0 Å². The molecule has 2 rings (SSSR count). The third-order valence-electron chi connectivity index (χ3n) is 3.87. The van der Waals surface area contributed by atoms with Crippen LogP contribution < -0.4 is 5.32 Å². The van der Waals surface area contributed by atoms with E-state index in [1.807, 2.05) is 18.5 Å². The summed E-state index contributed by atoms with van der Waals surface area (Å²) in [6, 6.07) is 5.63. The molecule has 3 nitrogen and oxygen atoms in total. The van der Waals surface area contributed by atoms with Gasteiger partial charge in [-0.1, -0.05) is 13.0 Å². The van der Waals surface area contributed by atoms with Gasteiger partial charge in [0.05, 0.1) is 0 Å². The molecule has 0 saturated heterocycles. The minimum Gasteiger partial charge on any atom is -0.314 e.